The molecular weight excluding hydrogens is 307 g/mol. The van der Waals surface area contributed by atoms with Gasteiger partial charge in [-0.2, -0.15) is 0 Å². The number of hydrogen-bond acceptors (Lipinski definition) is 2. The number of hydrogen-bond donors (Lipinski definition) is 0. The van der Waals surface area contributed by atoms with Crippen molar-refractivity contribution in [3.05, 3.63) is 63.1 Å². The van der Waals surface area contributed by atoms with E-state index in [1.807, 2.05) is 0 Å². The Morgan fingerprint density at radius 1 is 1.05 bits per heavy atom. The topological polar surface area (TPSA) is 26.3 Å². The molecule has 0 aliphatic rings. The maximum Gasteiger partial charge on any atom is 0.200 e. The third kappa shape index (κ3) is 3.63. The van der Waals surface area contributed by atoms with Gasteiger partial charge in [0.2, 0.25) is 0 Å². The molecule has 2 rings (SSSR count). The van der Waals surface area contributed by atoms with E-state index in [1.54, 1.807) is 42.5 Å². The molecular formula is C14H9Cl3O2. The number of ether oxygens (including phenoxy) is 1. The largest absolute Gasteiger partial charge is 0.484 e. The van der Waals surface area contributed by atoms with Gasteiger partial charge in [0.15, 0.2) is 12.4 Å². The summed E-state index contributed by atoms with van der Waals surface area (Å²) in [4.78, 5) is 11.9. The zero-order valence-corrected chi connectivity index (χ0v) is 12.0. The number of benzene rings is 2. The molecule has 98 valence electrons. The van der Waals surface area contributed by atoms with E-state index in [0.29, 0.717) is 26.4 Å². The lowest BCUT2D eigenvalue weighted by atomic mass is 10.1. The van der Waals surface area contributed by atoms with Crippen molar-refractivity contribution in [1.29, 1.82) is 0 Å². The van der Waals surface area contributed by atoms with Crippen molar-refractivity contribution in [2.75, 3.05) is 6.61 Å². The second-order valence-corrected chi connectivity index (χ2v) is 5.00. The molecule has 0 bridgehead atoms. The van der Waals surface area contributed by atoms with Crippen LogP contribution in [0.5, 0.6) is 5.75 Å². The van der Waals surface area contributed by atoms with Crippen molar-refractivity contribution in [1.82, 2.24) is 0 Å². The van der Waals surface area contributed by atoms with Crippen LogP contribution in [0.1, 0.15) is 10.4 Å². The predicted octanol–water partition coefficient (Wildman–Crippen LogP) is 4.91. The molecule has 0 aromatic heterocycles. The summed E-state index contributed by atoms with van der Waals surface area (Å²) in [5.74, 6) is 0.197. The van der Waals surface area contributed by atoms with E-state index in [-0.39, 0.29) is 12.4 Å². The average Bonchev–Trinajstić information content (AvgIpc) is 2.40. The van der Waals surface area contributed by atoms with Crippen LogP contribution in [0.3, 0.4) is 0 Å². The van der Waals surface area contributed by atoms with Crippen LogP contribution in [0.4, 0.5) is 0 Å². The summed E-state index contributed by atoms with van der Waals surface area (Å²) in [7, 11) is 0. The van der Waals surface area contributed by atoms with Crippen LogP contribution in [0.2, 0.25) is 15.1 Å². The summed E-state index contributed by atoms with van der Waals surface area (Å²) in [6.45, 7) is -0.125. The van der Waals surface area contributed by atoms with Crippen LogP contribution in [0.25, 0.3) is 0 Å². The van der Waals surface area contributed by atoms with Crippen LogP contribution in [-0.4, -0.2) is 12.4 Å². The van der Waals surface area contributed by atoms with Crippen molar-refractivity contribution in [3.63, 3.8) is 0 Å². The number of ketones is 1. The minimum absolute atomic E-state index is 0.125. The molecule has 19 heavy (non-hydrogen) atoms. The first-order valence-corrected chi connectivity index (χ1v) is 6.57. The summed E-state index contributed by atoms with van der Waals surface area (Å²) >= 11 is 17.6. The van der Waals surface area contributed by atoms with Gasteiger partial charge in [0.05, 0.1) is 5.02 Å². The maximum absolute atomic E-state index is 11.9. The van der Waals surface area contributed by atoms with Crippen LogP contribution < -0.4 is 4.74 Å². The zero-order chi connectivity index (χ0) is 13.8. The van der Waals surface area contributed by atoms with E-state index < -0.39 is 0 Å². The first-order chi connectivity index (χ1) is 9.08. The highest BCUT2D eigenvalue weighted by atomic mass is 35.5. The molecule has 0 aliphatic heterocycles. The molecule has 0 fully saturated rings. The Bertz CT molecular complexity index is 611. The van der Waals surface area contributed by atoms with Gasteiger partial charge in [-0.05, 0) is 24.3 Å². The van der Waals surface area contributed by atoms with Crippen molar-refractivity contribution in [2.24, 2.45) is 0 Å². The summed E-state index contributed by atoms with van der Waals surface area (Å²) < 4.78 is 5.36. The Morgan fingerprint density at radius 3 is 2.53 bits per heavy atom. The van der Waals surface area contributed by atoms with Gasteiger partial charge in [-0.15, -0.1) is 0 Å². The molecule has 0 unspecified atom stereocenters. The number of Topliss-reactive ketones (excluding diaryl/α,β-unsaturated/α-hetero) is 1. The van der Waals surface area contributed by atoms with E-state index in [0.717, 1.165) is 0 Å². The molecule has 2 nitrogen and oxygen atoms in total. The number of rotatable bonds is 4. The molecule has 0 N–H and O–H groups in total. The van der Waals surface area contributed by atoms with E-state index in [4.69, 9.17) is 39.5 Å². The van der Waals surface area contributed by atoms with Crippen molar-refractivity contribution < 1.29 is 9.53 Å². The molecule has 0 aliphatic carbocycles. The summed E-state index contributed by atoms with van der Waals surface area (Å²) in [5.41, 5.74) is 0.491. The molecule has 2 aromatic carbocycles. The van der Waals surface area contributed by atoms with Crippen LogP contribution in [0.15, 0.2) is 42.5 Å². The van der Waals surface area contributed by atoms with Crippen molar-refractivity contribution in [2.45, 2.75) is 0 Å². The quantitative estimate of drug-likeness (QED) is 0.749. The number of carbonyl (C=O) groups is 1. The molecule has 0 saturated heterocycles. The van der Waals surface area contributed by atoms with Gasteiger partial charge < -0.3 is 4.74 Å². The lowest BCUT2D eigenvalue weighted by Crippen LogP contribution is -2.11. The van der Waals surface area contributed by atoms with Crippen molar-refractivity contribution >= 4 is 40.6 Å². The van der Waals surface area contributed by atoms with E-state index >= 15 is 0 Å². The monoisotopic (exact) mass is 314 g/mol. The smallest absolute Gasteiger partial charge is 0.200 e. The fourth-order valence-corrected chi connectivity index (χ4v) is 2.02. The average molecular weight is 316 g/mol. The Hall–Kier alpha value is -1.22. The van der Waals surface area contributed by atoms with Gasteiger partial charge in [-0.1, -0.05) is 53.0 Å². The maximum atomic E-state index is 11.9. The first kappa shape index (κ1) is 14.2. The fraction of sp³-hybridized carbons (Fsp3) is 0.0714. The Morgan fingerprint density at radius 2 is 1.79 bits per heavy atom. The zero-order valence-electron chi connectivity index (χ0n) is 9.70. The van der Waals surface area contributed by atoms with Crippen LogP contribution in [-0.2, 0) is 0 Å². The fourth-order valence-electron chi connectivity index (χ4n) is 1.48. The molecule has 0 spiro atoms. The summed E-state index contributed by atoms with van der Waals surface area (Å²) in [6.07, 6.45) is 0. The second kappa shape index (κ2) is 6.29. The predicted molar refractivity (Wildman–Crippen MR) is 77.7 cm³/mol. The lowest BCUT2D eigenvalue weighted by molar-refractivity contribution is 0.0921. The Kier molecular flexibility index (Phi) is 4.70. The van der Waals surface area contributed by atoms with E-state index in [2.05, 4.69) is 0 Å². The molecule has 0 amide bonds. The molecule has 5 heteroatoms. The standard InChI is InChI=1S/C14H9Cl3O2/c15-10-4-1-3-9(7-10)12(18)8-19-13-6-2-5-11(16)14(13)17/h1-7H,8H2. The van der Waals surface area contributed by atoms with Gasteiger partial charge >= 0.3 is 0 Å². The van der Waals surface area contributed by atoms with Gasteiger partial charge in [0.1, 0.15) is 10.8 Å². The van der Waals surface area contributed by atoms with E-state index in [1.165, 1.54) is 0 Å². The van der Waals surface area contributed by atoms with Gasteiger partial charge in [-0.25, -0.2) is 0 Å². The van der Waals surface area contributed by atoms with Crippen LogP contribution >= 0.6 is 34.8 Å². The highest BCUT2D eigenvalue weighted by Crippen LogP contribution is 2.31. The molecule has 0 radical (unpaired) electrons. The third-order valence-electron chi connectivity index (χ3n) is 2.42. The molecule has 2 aromatic rings. The number of halogens is 3. The highest BCUT2D eigenvalue weighted by Gasteiger charge is 2.10. The van der Waals surface area contributed by atoms with Gasteiger partial charge in [-0.3, -0.25) is 4.79 Å². The molecule has 0 atom stereocenters. The Labute approximate surface area is 125 Å². The first-order valence-electron chi connectivity index (χ1n) is 5.43. The Balaban J connectivity index is 2.07. The van der Waals surface area contributed by atoms with Gasteiger partial charge in [0.25, 0.3) is 0 Å². The van der Waals surface area contributed by atoms with E-state index in [9.17, 15) is 4.79 Å². The second-order valence-electron chi connectivity index (χ2n) is 3.77. The highest BCUT2D eigenvalue weighted by molar-refractivity contribution is 6.42. The van der Waals surface area contributed by atoms with Gasteiger partial charge in [0, 0.05) is 10.6 Å². The third-order valence-corrected chi connectivity index (χ3v) is 3.46. The SMILES string of the molecule is O=C(COc1cccc(Cl)c1Cl)c1cccc(Cl)c1. The molecule has 0 heterocycles. The van der Waals surface area contributed by atoms with Crippen molar-refractivity contribution in [3.8, 4) is 5.75 Å². The summed E-state index contributed by atoms with van der Waals surface area (Å²) in [6, 6.07) is 11.7. The summed E-state index contributed by atoms with van der Waals surface area (Å²) in [5, 5.41) is 1.18. The normalized spacial score (nSPS) is 10.3. The minimum atomic E-state index is -0.182. The lowest BCUT2D eigenvalue weighted by Gasteiger charge is -2.08. The van der Waals surface area contributed by atoms with Crippen LogP contribution in [0, 0.1) is 0 Å². The molecule has 0 saturated carbocycles. The number of carbonyl (C=O) groups excluding carboxylic acids is 1. The minimum Gasteiger partial charge on any atom is -0.484 e.